The summed E-state index contributed by atoms with van der Waals surface area (Å²) in [6.45, 7) is 0. The van der Waals surface area contributed by atoms with Gasteiger partial charge in [0.2, 0.25) is 0 Å². The molecule has 0 radical (unpaired) electrons. The van der Waals surface area contributed by atoms with Gasteiger partial charge in [-0.05, 0) is 48.5 Å². The van der Waals surface area contributed by atoms with Gasteiger partial charge in [0, 0.05) is 11.3 Å². The lowest BCUT2D eigenvalue weighted by Gasteiger charge is -2.07. The Morgan fingerprint density at radius 2 is 1.67 bits per heavy atom. The maximum absolute atomic E-state index is 12.9. The molecular weight excluding hydrogens is 354 g/mol. The minimum absolute atomic E-state index is 0.0957. The van der Waals surface area contributed by atoms with Crippen LogP contribution in [0.3, 0.4) is 0 Å². The van der Waals surface area contributed by atoms with Crippen molar-refractivity contribution in [1.29, 1.82) is 0 Å². The molecule has 24 heavy (non-hydrogen) atoms. The van der Waals surface area contributed by atoms with Crippen molar-refractivity contribution in [3.8, 4) is 11.3 Å². The number of nitrogens with two attached hydrogens (primary N) is 1. The van der Waals surface area contributed by atoms with E-state index in [-0.39, 0.29) is 27.3 Å². The molecule has 2 aromatic carbocycles. The molecule has 122 valence electrons. The number of nitrogen functional groups attached to an aromatic ring is 1. The number of furan rings is 1. The van der Waals surface area contributed by atoms with Crippen molar-refractivity contribution in [3.63, 3.8) is 0 Å². The Morgan fingerprint density at radius 1 is 1.04 bits per heavy atom. The molecule has 0 atom stereocenters. The van der Waals surface area contributed by atoms with Gasteiger partial charge in [0.1, 0.15) is 11.6 Å². The second-order valence-corrected chi connectivity index (χ2v) is 5.79. The maximum Gasteiger partial charge on any atom is 0.291 e. The first-order valence-corrected chi connectivity index (χ1v) is 7.61. The number of nitrogens with one attached hydrogen (secondary N) is 1. The summed E-state index contributed by atoms with van der Waals surface area (Å²) in [5.74, 6) is -0.271. The van der Waals surface area contributed by atoms with Crippen molar-refractivity contribution >= 4 is 40.5 Å². The molecule has 3 N–H and O–H groups in total. The predicted octanol–water partition coefficient (Wildman–Crippen LogP) is 5.23. The van der Waals surface area contributed by atoms with Gasteiger partial charge in [-0.1, -0.05) is 23.2 Å². The molecule has 7 heteroatoms. The zero-order chi connectivity index (χ0) is 17.3. The van der Waals surface area contributed by atoms with E-state index in [0.29, 0.717) is 17.0 Å². The number of hydrogen-bond donors (Lipinski definition) is 2. The quantitative estimate of drug-likeness (QED) is 0.625. The Hall–Kier alpha value is -2.50. The summed E-state index contributed by atoms with van der Waals surface area (Å²) in [5, 5.41) is 3.10. The zero-order valence-corrected chi connectivity index (χ0v) is 13.7. The van der Waals surface area contributed by atoms with E-state index in [1.807, 2.05) is 0 Å². The summed E-state index contributed by atoms with van der Waals surface area (Å²) >= 11 is 11.9. The average Bonchev–Trinajstić information content (AvgIpc) is 3.03. The number of carbonyl (C=O) groups excluding carboxylic acids is 1. The number of benzene rings is 2. The number of halogens is 3. The van der Waals surface area contributed by atoms with Crippen LogP contribution in [0.1, 0.15) is 10.6 Å². The SMILES string of the molecule is Nc1c(Cl)cc(NC(=O)c2ccc(-c3ccc(F)cc3)o2)cc1Cl. The summed E-state index contributed by atoms with van der Waals surface area (Å²) in [5.41, 5.74) is 6.95. The van der Waals surface area contributed by atoms with Gasteiger partial charge in [-0.3, -0.25) is 4.79 Å². The van der Waals surface area contributed by atoms with Crippen molar-refractivity contribution in [2.45, 2.75) is 0 Å². The Balaban J connectivity index is 1.80. The highest BCUT2D eigenvalue weighted by Gasteiger charge is 2.14. The number of anilines is 2. The molecule has 0 fully saturated rings. The number of amides is 1. The van der Waals surface area contributed by atoms with Gasteiger partial charge in [0.25, 0.3) is 5.91 Å². The molecule has 1 amide bonds. The molecule has 0 spiro atoms. The minimum atomic E-state index is -0.472. The summed E-state index contributed by atoms with van der Waals surface area (Å²) < 4.78 is 18.4. The van der Waals surface area contributed by atoms with Crippen molar-refractivity contribution < 1.29 is 13.6 Å². The van der Waals surface area contributed by atoms with Crippen molar-refractivity contribution in [2.24, 2.45) is 0 Å². The van der Waals surface area contributed by atoms with E-state index in [4.69, 9.17) is 33.4 Å². The van der Waals surface area contributed by atoms with Crippen molar-refractivity contribution in [2.75, 3.05) is 11.1 Å². The summed E-state index contributed by atoms with van der Waals surface area (Å²) in [4.78, 5) is 12.2. The van der Waals surface area contributed by atoms with Crippen LogP contribution >= 0.6 is 23.2 Å². The molecule has 4 nitrogen and oxygen atoms in total. The second kappa shape index (κ2) is 6.55. The van der Waals surface area contributed by atoms with E-state index in [2.05, 4.69) is 5.32 Å². The number of rotatable bonds is 3. The molecule has 0 bridgehead atoms. The molecule has 0 aliphatic rings. The molecule has 3 rings (SSSR count). The highest BCUT2D eigenvalue weighted by Crippen LogP contribution is 2.31. The molecule has 1 heterocycles. The lowest BCUT2D eigenvalue weighted by Crippen LogP contribution is -2.11. The molecular formula is C17H11Cl2FN2O2. The standard InChI is InChI=1S/C17H11Cl2FN2O2/c18-12-7-11(8-13(19)16(12)21)22-17(23)15-6-5-14(24-15)9-1-3-10(20)4-2-9/h1-8H,21H2,(H,22,23). The van der Waals surface area contributed by atoms with Gasteiger partial charge in [-0.25, -0.2) is 4.39 Å². The van der Waals surface area contributed by atoms with Gasteiger partial charge in [-0.2, -0.15) is 0 Å². The molecule has 0 aliphatic carbocycles. The summed E-state index contributed by atoms with van der Waals surface area (Å²) in [6, 6.07) is 11.9. The second-order valence-electron chi connectivity index (χ2n) is 4.98. The van der Waals surface area contributed by atoms with Crippen LogP contribution in [0.2, 0.25) is 10.0 Å². The fraction of sp³-hybridized carbons (Fsp3) is 0. The third-order valence-corrected chi connectivity index (χ3v) is 3.92. The van der Waals surface area contributed by atoms with E-state index in [9.17, 15) is 9.18 Å². The molecule has 0 aliphatic heterocycles. The summed E-state index contributed by atoms with van der Waals surface area (Å²) in [7, 11) is 0. The van der Waals surface area contributed by atoms with E-state index >= 15 is 0 Å². The van der Waals surface area contributed by atoms with Crippen LogP contribution in [0.15, 0.2) is 52.9 Å². The third kappa shape index (κ3) is 3.37. The Kier molecular flexibility index (Phi) is 4.46. The lowest BCUT2D eigenvalue weighted by molar-refractivity contribution is 0.0997. The van der Waals surface area contributed by atoms with E-state index in [1.54, 1.807) is 18.2 Å². The van der Waals surface area contributed by atoms with Gasteiger partial charge in [0.05, 0.1) is 15.7 Å². The third-order valence-electron chi connectivity index (χ3n) is 3.30. The van der Waals surface area contributed by atoms with Gasteiger partial charge < -0.3 is 15.5 Å². The Labute approximate surface area is 147 Å². The van der Waals surface area contributed by atoms with Crippen LogP contribution < -0.4 is 11.1 Å². The largest absolute Gasteiger partial charge is 0.451 e. The van der Waals surface area contributed by atoms with E-state index in [1.165, 1.54) is 30.3 Å². The van der Waals surface area contributed by atoms with Crippen LogP contribution in [0.5, 0.6) is 0 Å². The average molecular weight is 365 g/mol. The monoisotopic (exact) mass is 364 g/mol. The molecule has 1 aromatic heterocycles. The van der Waals surface area contributed by atoms with Gasteiger partial charge >= 0.3 is 0 Å². The molecule has 0 saturated heterocycles. The van der Waals surface area contributed by atoms with E-state index < -0.39 is 5.91 Å². The first-order valence-electron chi connectivity index (χ1n) is 6.85. The normalized spacial score (nSPS) is 10.6. The Bertz CT molecular complexity index is 884. The first-order chi connectivity index (χ1) is 11.4. The minimum Gasteiger partial charge on any atom is -0.451 e. The van der Waals surface area contributed by atoms with Crippen LogP contribution in [0, 0.1) is 5.82 Å². The maximum atomic E-state index is 12.9. The van der Waals surface area contributed by atoms with Crippen LogP contribution in [0.25, 0.3) is 11.3 Å². The lowest BCUT2D eigenvalue weighted by atomic mass is 10.2. The highest BCUT2D eigenvalue weighted by molar-refractivity contribution is 6.39. The highest BCUT2D eigenvalue weighted by atomic mass is 35.5. The van der Waals surface area contributed by atoms with Gasteiger partial charge in [0.15, 0.2) is 5.76 Å². The van der Waals surface area contributed by atoms with Crippen LogP contribution in [-0.2, 0) is 0 Å². The summed E-state index contributed by atoms with van der Waals surface area (Å²) in [6.07, 6.45) is 0. The van der Waals surface area contributed by atoms with Crippen molar-refractivity contribution in [1.82, 2.24) is 0 Å². The van der Waals surface area contributed by atoms with E-state index in [0.717, 1.165) is 0 Å². The topological polar surface area (TPSA) is 68.3 Å². The molecule has 0 saturated carbocycles. The smallest absolute Gasteiger partial charge is 0.291 e. The predicted molar refractivity (Wildman–Crippen MR) is 92.9 cm³/mol. The zero-order valence-electron chi connectivity index (χ0n) is 12.1. The fourth-order valence-electron chi connectivity index (χ4n) is 2.08. The number of carbonyl (C=O) groups is 1. The number of hydrogen-bond acceptors (Lipinski definition) is 3. The molecule has 0 unspecified atom stereocenters. The van der Waals surface area contributed by atoms with Gasteiger partial charge in [-0.15, -0.1) is 0 Å². The molecule has 3 aromatic rings. The Morgan fingerprint density at radius 3 is 2.29 bits per heavy atom. The van der Waals surface area contributed by atoms with Crippen molar-refractivity contribution in [3.05, 3.63) is 70.2 Å². The first kappa shape index (κ1) is 16.4. The van der Waals surface area contributed by atoms with Crippen LogP contribution in [0.4, 0.5) is 15.8 Å². The van der Waals surface area contributed by atoms with Crippen LogP contribution in [-0.4, -0.2) is 5.91 Å². The fourth-order valence-corrected chi connectivity index (χ4v) is 2.57.